The van der Waals surface area contributed by atoms with Crippen molar-refractivity contribution in [2.24, 2.45) is 7.05 Å². The molecule has 20 heavy (non-hydrogen) atoms. The predicted molar refractivity (Wildman–Crippen MR) is 83.7 cm³/mol. The van der Waals surface area contributed by atoms with E-state index < -0.39 is 0 Å². The molecule has 0 fully saturated rings. The highest BCUT2D eigenvalue weighted by Gasteiger charge is 2.09. The van der Waals surface area contributed by atoms with Gasteiger partial charge in [0.1, 0.15) is 5.82 Å². The van der Waals surface area contributed by atoms with Gasteiger partial charge in [0.25, 0.3) is 0 Å². The van der Waals surface area contributed by atoms with Crippen molar-refractivity contribution in [1.29, 1.82) is 0 Å². The summed E-state index contributed by atoms with van der Waals surface area (Å²) < 4.78 is 15.9. The van der Waals surface area contributed by atoms with Crippen molar-refractivity contribution in [3.8, 4) is 0 Å². The molecule has 0 unspecified atom stereocenters. The maximum absolute atomic E-state index is 13.4. The highest BCUT2D eigenvalue weighted by Crippen LogP contribution is 2.24. The summed E-state index contributed by atoms with van der Waals surface area (Å²) in [5, 5.41) is 3.31. The van der Waals surface area contributed by atoms with E-state index >= 15 is 0 Å². The van der Waals surface area contributed by atoms with Gasteiger partial charge in [-0.2, -0.15) is 0 Å². The molecule has 0 aliphatic carbocycles. The third-order valence-corrected chi connectivity index (χ3v) is 3.79. The summed E-state index contributed by atoms with van der Waals surface area (Å²) in [4.78, 5) is 6.32. The van der Waals surface area contributed by atoms with Gasteiger partial charge < -0.3 is 14.8 Å². The van der Waals surface area contributed by atoms with Crippen LogP contribution < -0.4 is 10.2 Å². The molecule has 0 spiro atoms. The first kappa shape index (κ1) is 14.8. The van der Waals surface area contributed by atoms with E-state index in [9.17, 15) is 4.39 Å². The van der Waals surface area contributed by atoms with Gasteiger partial charge in [-0.3, -0.25) is 0 Å². The number of anilines is 2. The summed E-state index contributed by atoms with van der Waals surface area (Å²) in [6, 6.07) is 3.27. The molecule has 0 aliphatic heterocycles. The van der Waals surface area contributed by atoms with E-state index in [-0.39, 0.29) is 5.82 Å². The zero-order valence-corrected chi connectivity index (χ0v) is 13.6. The van der Waals surface area contributed by atoms with Crippen LogP contribution in [0.4, 0.5) is 16.0 Å². The lowest BCUT2D eigenvalue weighted by Crippen LogP contribution is -2.15. The van der Waals surface area contributed by atoms with Gasteiger partial charge in [0.05, 0.1) is 22.9 Å². The molecule has 0 atom stereocenters. The van der Waals surface area contributed by atoms with Crippen molar-refractivity contribution in [3.05, 3.63) is 39.9 Å². The van der Waals surface area contributed by atoms with Gasteiger partial charge in [0.2, 0.25) is 5.95 Å². The number of benzene rings is 1. The van der Waals surface area contributed by atoms with Crippen molar-refractivity contribution in [2.45, 2.75) is 13.5 Å². The Morgan fingerprint density at radius 3 is 2.70 bits per heavy atom. The molecule has 0 radical (unpaired) electrons. The van der Waals surface area contributed by atoms with Crippen molar-refractivity contribution in [2.75, 3.05) is 24.3 Å². The molecule has 1 N–H and O–H groups in total. The van der Waals surface area contributed by atoms with Crippen LogP contribution >= 0.6 is 15.9 Å². The summed E-state index contributed by atoms with van der Waals surface area (Å²) in [6.07, 6.45) is 1.84. The summed E-state index contributed by atoms with van der Waals surface area (Å²) in [6.45, 7) is 2.52. The lowest BCUT2D eigenvalue weighted by Gasteiger charge is -2.14. The molecule has 0 saturated heterocycles. The van der Waals surface area contributed by atoms with E-state index in [0.717, 1.165) is 22.9 Å². The van der Waals surface area contributed by atoms with Gasteiger partial charge in [-0.1, -0.05) is 0 Å². The van der Waals surface area contributed by atoms with E-state index in [0.29, 0.717) is 11.0 Å². The van der Waals surface area contributed by atoms with E-state index in [1.54, 1.807) is 6.07 Å². The van der Waals surface area contributed by atoms with Crippen LogP contribution in [0.3, 0.4) is 0 Å². The first-order chi connectivity index (χ1) is 9.40. The van der Waals surface area contributed by atoms with Gasteiger partial charge in [-0.25, -0.2) is 9.37 Å². The van der Waals surface area contributed by atoms with Crippen LogP contribution in [-0.2, 0) is 13.6 Å². The molecule has 1 aromatic heterocycles. The molecule has 0 aliphatic rings. The Kier molecular flexibility index (Phi) is 4.32. The fourth-order valence-corrected chi connectivity index (χ4v) is 2.38. The SMILES string of the molecule is Cc1cc(F)c(Br)cc1NCc1cnc(N(C)C)n1C. The van der Waals surface area contributed by atoms with Crippen LogP contribution in [0.15, 0.2) is 22.8 Å². The van der Waals surface area contributed by atoms with Crippen molar-refractivity contribution in [1.82, 2.24) is 9.55 Å². The van der Waals surface area contributed by atoms with Crippen LogP contribution in [0, 0.1) is 12.7 Å². The first-order valence-corrected chi connectivity index (χ1v) is 7.07. The molecular formula is C14H18BrFN4. The molecule has 6 heteroatoms. The Hall–Kier alpha value is -1.56. The molecular weight excluding hydrogens is 323 g/mol. The highest BCUT2D eigenvalue weighted by atomic mass is 79.9. The topological polar surface area (TPSA) is 33.1 Å². The average molecular weight is 341 g/mol. The fraction of sp³-hybridized carbons (Fsp3) is 0.357. The standard InChI is InChI=1S/C14H18BrFN4/c1-9-5-12(16)11(15)6-13(9)17-7-10-8-18-14(19(2)3)20(10)4/h5-6,8,17H,7H2,1-4H3. The van der Waals surface area contributed by atoms with E-state index in [1.165, 1.54) is 6.07 Å². The highest BCUT2D eigenvalue weighted by molar-refractivity contribution is 9.10. The molecule has 0 amide bonds. The normalized spacial score (nSPS) is 10.7. The minimum absolute atomic E-state index is 0.247. The lowest BCUT2D eigenvalue weighted by atomic mass is 10.2. The minimum Gasteiger partial charge on any atom is -0.379 e. The van der Waals surface area contributed by atoms with Gasteiger partial charge in [-0.15, -0.1) is 0 Å². The molecule has 1 heterocycles. The molecule has 108 valence electrons. The van der Waals surface area contributed by atoms with Gasteiger partial charge in [0, 0.05) is 26.8 Å². The zero-order valence-electron chi connectivity index (χ0n) is 12.0. The number of rotatable bonds is 4. The monoisotopic (exact) mass is 340 g/mol. The third kappa shape index (κ3) is 2.95. The maximum Gasteiger partial charge on any atom is 0.204 e. The van der Waals surface area contributed by atoms with Crippen molar-refractivity contribution < 1.29 is 4.39 Å². The molecule has 0 bridgehead atoms. The summed E-state index contributed by atoms with van der Waals surface area (Å²) in [7, 11) is 5.90. The number of hydrogen-bond donors (Lipinski definition) is 1. The largest absolute Gasteiger partial charge is 0.379 e. The van der Waals surface area contributed by atoms with Gasteiger partial charge in [-0.05, 0) is 40.5 Å². The van der Waals surface area contributed by atoms with E-state index in [2.05, 4.69) is 26.2 Å². The number of imidazole rings is 1. The van der Waals surface area contributed by atoms with E-state index in [4.69, 9.17) is 0 Å². The summed E-state index contributed by atoms with van der Waals surface area (Å²) in [5.41, 5.74) is 2.85. The number of nitrogens with one attached hydrogen (secondary N) is 1. The Labute approximate surface area is 126 Å². The van der Waals surface area contributed by atoms with Crippen molar-refractivity contribution >= 4 is 27.6 Å². The number of hydrogen-bond acceptors (Lipinski definition) is 3. The van der Waals surface area contributed by atoms with E-state index in [1.807, 2.05) is 43.7 Å². The number of aromatic nitrogens is 2. The smallest absolute Gasteiger partial charge is 0.204 e. The third-order valence-electron chi connectivity index (χ3n) is 3.19. The Morgan fingerprint density at radius 1 is 1.40 bits per heavy atom. The predicted octanol–water partition coefficient (Wildman–Crippen LogP) is 3.31. The first-order valence-electron chi connectivity index (χ1n) is 6.27. The molecule has 2 aromatic rings. The fourth-order valence-electron chi connectivity index (χ4n) is 2.04. The van der Waals surface area contributed by atoms with Crippen LogP contribution in [0.1, 0.15) is 11.3 Å². The van der Waals surface area contributed by atoms with Gasteiger partial charge >= 0.3 is 0 Å². The lowest BCUT2D eigenvalue weighted by molar-refractivity contribution is 0.620. The number of aryl methyl sites for hydroxylation is 1. The Bertz CT molecular complexity index is 622. The molecule has 2 rings (SSSR count). The van der Waals surface area contributed by atoms with Gasteiger partial charge in [0.15, 0.2) is 0 Å². The number of halogens is 2. The summed E-state index contributed by atoms with van der Waals surface area (Å²) in [5.74, 6) is 0.655. The molecule has 4 nitrogen and oxygen atoms in total. The Balaban J connectivity index is 2.15. The number of nitrogens with zero attached hydrogens (tertiary/aromatic N) is 3. The van der Waals surface area contributed by atoms with Crippen molar-refractivity contribution in [3.63, 3.8) is 0 Å². The van der Waals surface area contributed by atoms with Crippen LogP contribution in [0.2, 0.25) is 0 Å². The molecule has 0 saturated carbocycles. The minimum atomic E-state index is -0.247. The van der Waals surface area contributed by atoms with Crippen LogP contribution in [0.5, 0.6) is 0 Å². The average Bonchev–Trinajstić information content (AvgIpc) is 2.74. The quantitative estimate of drug-likeness (QED) is 0.926. The second-order valence-corrected chi connectivity index (χ2v) is 5.79. The Morgan fingerprint density at radius 2 is 2.10 bits per heavy atom. The summed E-state index contributed by atoms with van der Waals surface area (Å²) >= 11 is 3.20. The zero-order chi connectivity index (χ0) is 14.9. The van der Waals surface area contributed by atoms with Crippen LogP contribution in [0.25, 0.3) is 0 Å². The second-order valence-electron chi connectivity index (χ2n) is 4.94. The van der Waals surface area contributed by atoms with Crippen LogP contribution in [-0.4, -0.2) is 23.6 Å². The molecule has 1 aromatic carbocycles. The maximum atomic E-state index is 13.4. The second kappa shape index (κ2) is 5.83.